The van der Waals surface area contributed by atoms with E-state index in [1.54, 1.807) is 32.0 Å². The third kappa shape index (κ3) is 2.70. The van der Waals surface area contributed by atoms with Crippen LogP contribution in [-0.2, 0) is 0 Å². The van der Waals surface area contributed by atoms with Gasteiger partial charge in [-0.1, -0.05) is 12.1 Å². The minimum absolute atomic E-state index is 0.0138. The Bertz CT molecular complexity index is 363. The van der Waals surface area contributed by atoms with E-state index in [9.17, 15) is 9.90 Å². The first-order valence-corrected chi connectivity index (χ1v) is 4.76. The highest BCUT2D eigenvalue weighted by Gasteiger charge is 2.13. The number of nitrogens with one attached hydrogen (secondary N) is 1. The SMILES string of the molecule is Cc1cccc(C(=O)N[C@H](C)CO)c1O. The molecule has 1 aromatic carbocycles. The molecule has 4 heteroatoms. The predicted octanol–water partition coefficient (Wildman–Crippen LogP) is 0.811. The van der Waals surface area contributed by atoms with Gasteiger partial charge in [0.15, 0.2) is 0 Å². The van der Waals surface area contributed by atoms with Crippen molar-refractivity contribution < 1.29 is 15.0 Å². The number of hydrogen-bond acceptors (Lipinski definition) is 3. The van der Waals surface area contributed by atoms with Crippen molar-refractivity contribution in [2.24, 2.45) is 0 Å². The summed E-state index contributed by atoms with van der Waals surface area (Å²) in [6.45, 7) is 3.28. The highest BCUT2D eigenvalue weighted by molar-refractivity contribution is 5.97. The molecule has 0 unspecified atom stereocenters. The summed E-state index contributed by atoms with van der Waals surface area (Å²) in [4.78, 5) is 11.6. The van der Waals surface area contributed by atoms with Crippen LogP contribution in [0.2, 0.25) is 0 Å². The van der Waals surface area contributed by atoms with Crippen LogP contribution in [0.25, 0.3) is 0 Å². The smallest absolute Gasteiger partial charge is 0.255 e. The van der Waals surface area contributed by atoms with E-state index in [1.165, 1.54) is 0 Å². The summed E-state index contributed by atoms with van der Waals surface area (Å²) in [5.74, 6) is -0.391. The van der Waals surface area contributed by atoms with Crippen molar-refractivity contribution in [2.45, 2.75) is 19.9 Å². The summed E-state index contributed by atoms with van der Waals surface area (Å²) in [6, 6.07) is 4.65. The Morgan fingerprint density at radius 2 is 2.20 bits per heavy atom. The number of aliphatic hydroxyl groups excluding tert-OH is 1. The number of aliphatic hydroxyl groups is 1. The van der Waals surface area contributed by atoms with Crippen LogP contribution < -0.4 is 5.32 Å². The standard InChI is InChI=1S/C11H15NO3/c1-7-4-3-5-9(10(7)14)11(15)12-8(2)6-13/h3-5,8,13-14H,6H2,1-2H3,(H,12,15)/t8-/m1/s1. The largest absolute Gasteiger partial charge is 0.507 e. The number of hydrogen-bond donors (Lipinski definition) is 3. The van der Waals surface area contributed by atoms with Gasteiger partial charge in [0.05, 0.1) is 12.2 Å². The zero-order valence-electron chi connectivity index (χ0n) is 8.82. The number of amides is 1. The van der Waals surface area contributed by atoms with Crippen molar-refractivity contribution in [2.75, 3.05) is 6.61 Å². The van der Waals surface area contributed by atoms with Gasteiger partial charge in [0.1, 0.15) is 5.75 Å². The van der Waals surface area contributed by atoms with Crippen molar-refractivity contribution >= 4 is 5.91 Å². The molecule has 0 aliphatic heterocycles. The van der Waals surface area contributed by atoms with Gasteiger partial charge < -0.3 is 15.5 Å². The highest BCUT2D eigenvalue weighted by Crippen LogP contribution is 2.21. The van der Waals surface area contributed by atoms with Gasteiger partial charge in [0.2, 0.25) is 0 Å². The number of para-hydroxylation sites is 1. The summed E-state index contributed by atoms with van der Waals surface area (Å²) in [7, 11) is 0. The zero-order valence-corrected chi connectivity index (χ0v) is 8.82. The van der Waals surface area contributed by atoms with Crippen molar-refractivity contribution in [1.29, 1.82) is 0 Å². The molecule has 0 saturated carbocycles. The monoisotopic (exact) mass is 209 g/mol. The third-order valence-corrected chi connectivity index (χ3v) is 2.13. The maximum absolute atomic E-state index is 11.6. The zero-order chi connectivity index (χ0) is 11.4. The van der Waals surface area contributed by atoms with Crippen LogP contribution in [0, 0.1) is 6.92 Å². The number of rotatable bonds is 3. The second kappa shape index (κ2) is 4.79. The predicted molar refractivity (Wildman–Crippen MR) is 56.9 cm³/mol. The van der Waals surface area contributed by atoms with Gasteiger partial charge in [-0.3, -0.25) is 4.79 Å². The molecule has 82 valence electrons. The molecule has 0 saturated heterocycles. The molecule has 0 heterocycles. The molecule has 3 N–H and O–H groups in total. The van der Waals surface area contributed by atoms with Gasteiger partial charge in [-0.05, 0) is 25.5 Å². The average Bonchev–Trinajstić information content (AvgIpc) is 2.21. The van der Waals surface area contributed by atoms with Gasteiger partial charge >= 0.3 is 0 Å². The Kier molecular flexibility index (Phi) is 3.68. The third-order valence-electron chi connectivity index (χ3n) is 2.13. The van der Waals surface area contributed by atoms with Gasteiger partial charge in [-0.15, -0.1) is 0 Å². The average molecular weight is 209 g/mol. The second-order valence-corrected chi connectivity index (χ2v) is 3.53. The lowest BCUT2D eigenvalue weighted by Crippen LogP contribution is -2.35. The molecule has 1 rings (SSSR count). The molecule has 0 aliphatic rings. The van der Waals surface area contributed by atoms with E-state index < -0.39 is 0 Å². The molecule has 0 spiro atoms. The van der Waals surface area contributed by atoms with Crippen molar-refractivity contribution in [3.05, 3.63) is 29.3 Å². The van der Waals surface area contributed by atoms with Crippen LogP contribution in [0.15, 0.2) is 18.2 Å². The maximum Gasteiger partial charge on any atom is 0.255 e. The molecule has 4 nitrogen and oxygen atoms in total. The highest BCUT2D eigenvalue weighted by atomic mass is 16.3. The second-order valence-electron chi connectivity index (χ2n) is 3.53. The molecular weight excluding hydrogens is 194 g/mol. The molecule has 0 aliphatic carbocycles. The van der Waals surface area contributed by atoms with Gasteiger partial charge in [-0.2, -0.15) is 0 Å². The fourth-order valence-corrected chi connectivity index (χ4v) is 1.19. The quantitative estimate of drug-likeness (QED) is 0.690. The Labute approximate surface area is 88.6 Å². The summed E-state index contributed by atoms with van der Waals surface area (Å²) >= 11 is 0. The van der Waals surface area contributed by atoms with Crippen LogP contribution in [0.1, 0.15) is 22.8 Å². The fourth-order valence-electron chi connectivity index (χ4n) is 1.19. The molecule has 1 amide bonds. The summed E-state index contributed by atoms with van der Waals surface area (Å²) in [6.07, 6.45) is 0. The van der Waals surface area contributed by atoms with Crippen LogP contribution in [0.4, 0.5) is 0 Å². The van der Waals surface area contributed by atoms with E-state index in [-0.39, 0.29) is 29.9 Å². The number of aryl methyl sites for hydroxylation is 1. The van der Waals surface area contributed by atoms with E-state index in [0.717, 1.165) is 0 Å². The first-order chi connectivity index (χ1) is 7.06. The van der Waals surface area contributed by atoms with Crippen molar-refractivity contribution in [1.82, 2.24) is 5.32 Å². The Morgan fingerprint density at radius 1 is 1.53 bits per heavy atom. The van der Waals surface area contributed by atoms with E-state index in [4.69, 9.17) is 5.11 Å². The minimum Gasteiger partial charge on any atom is -0.507 e. The first kappa shape index (κ1) is 11.5. The molecule has 1 aromatic rings. The number of carbonyl (C=O) groups excluding carboxylic acids is 1. The topological polar surface area (TPSA) is 69.6 Å². The summed E-state index contributed by atoms with van der Waals surface area (Å²) in [5, 5.41) is 21.0. The lowest BCUT2D eigenvalue weighted by atomic mass is 10.1. The lowest BCUT2D eigenvalue weighted by Gasteiger charge is -2.12. The molecule has 0 bridgehead atoms. The van der Waals surface area contributed by atoms with Crippen molar-refractivity contribution in [3.63, 3.8) is 0 Å². The van der Waals surface area contributed by atoms with Gasteiger partial charge in [-0.25, -0.2) is 0 Å². The fraction of sp³-hybridized carbons (Fsp3) is 0.364. The lowest BCUT2D eigenvalue weighted by molar-refractivity contribution is 0.0919. The summed E-state index contributed by atoms with van der Waals surface area (Å²) in [5.41, 5.74) is 0.884. The molecular formula is C11H15NO3. The van der Waals surface area contributed by atoms with Crippen LogP contribution in [-0.4, -0.2) is 28.8 Å². The number of phenolic OH excluding ortho intramolecular Hbond substituents is 1. The number of carbonyl (C=O) groups is 1. The molecule has 1 atom stereocenters. The van der Waals surface area contributed by atoms with Crippen LogP contribution in [0.5, 0.6) is 5.75 Å². The molecule has 0 fully saturated rings. The van der Waals surface area contributed by atoms with Gasteiger partial charge in [0, 0.05) is 6.04 Å². The normalized spacial score (nSPS) is 12.2. The molecule has 15 heavy (non-hydrogen) atoms. The van der Waals surface area contributed by atoms with E-state index in [2.05, 4.69) is 5.32 Å². The Hall–Kier alpha value is -1.55. The van der Waals surface area contributed by atoms with E-state index >= 15 is 0 Å². The maximum atomic E-state index is 11.6. The Balaban J connectivity index is 2.87. The number of benzene rings is 1. The van der Waals surface area contributed by atoms with Crippen LogP contribution >= 0.6 is 0 Å². The van der Waals surface area contributed by atoms with E-state index in [1.807, 2.05) is 0 Å². The first-order valence-electron chi connectivity index (χ1n) is 4.76. The van der Waals surface area contributed by atoms with Crippen molar-refractivity contribution in [3.8, 4) is 5.75 Å². The number of phenols is 1. The minimum atomic E-state index is -0.377. The number of aromatic hydroxyl groups is 1. The van der Waals surface area contributed by atoms with E-state index in [0.29, 0.717) is 5.56 Å². The molecule has 0 radical (unpaired) electrons. The van der Waals surface area contributed by atoms with Gasteiger partial charge in [0.25, 0.3) is 5.91 Å². The Morgan fingerprint density at radius 3 is 2.80 bits per heavy atom. The summed E-state index contributed by atoms with van der Waals surface area (Å²) < 4.78 is 0. The molecule has 0 aromatic heterocycles. The van der Waals surface area contributed by atoms with Crippen LogP contribution in [0.3, 0.4) is 0 Å².